The smallest absolute Gasteiger partial charge is 0.337 e. The van der Waals surface area contributed by atoms with Crippen LogP contribution in [0.15, 0.2) is 77.1 Å². The van der Waals surface area contributed by atoms with Gasteiger partial charge in [-0.15, -0.1) is 0 Å². The van der Waals surface area contributed by atoms with E-state index in [1.54, 1.807) is 0 Å². The van der Waals surface area contributed by atoms with Gasteiger partial charge in [0.15, 0.2) is 5.78 Å². The van der Waals surface area contributed by atoms with Gasteiger partial charge in [0, 0.05) is 29.0 Å². The summed E-state index contributed by atoms with van der Waals surface area (Å²) in [4.78, 5) is 26.3. The van der Waals surface area contributed by atoms with Gasteiger partial charge in [0.25, 0.3) is 0 Å². The van der Waals surface area contributed by atoms with Gasteiger partial charge >= 0.3 is 5.97 Å². The molecule has 0 saturated carbocycles. The average Bonchev–Trinajstić information content (AvgIpc) is 2.77. The summed E-state index contributed by atoms with van der Waals surface area (Å²) in [5, 5.41) is 3.33. The Kier molecular flexibility index (Phi) is 6.45. The van der Waals surface area contributed by atoms with E-state index in [0.29, 0.717) is 29.9 Å². The fraction of sp³-hybridized carbons (Fsp3) is 0.333. The van der Waals surface area contributed by atoms with Crippen LogP contribution in [0.25, 0.3) is 0 Å². The maximum Gasteiger partial charge on any atom is 0.337 e. The molecule has 1 heterocycles. The third-order valence-electron chi connectivity index (χ3n) is 5.81. The molecule has 0 aromatic heterocycles. The minimum absolute atomic E-state index is 0.0731. The first-order valence-electron chi connectivity index (χ1n) is 11.2. The molecule has 0 unspecified atom stereocenters. The molecule has 0 spiro atoms. The number of rotatable bonds is 6. The number of esters is 1. The molecule has 5 heteroatoms. The molecule has 2 aromatic rings. The summed E-state index contributed by atoms with van der Waals surface area (Å²) in [7, 11) is 0. The summed E-state index contributed by atoms with van der Waals surface area (Å²) in [6.07, 6.45) is 1.82. The molecule has 0 saturated heterocycles. The number of Topliss-reactive ketones (excluding diaryl/α,β-unsaturated/α-hetero) is 1. The molecule has 1 aliphatic carbocycles. The van der Waals surface area contributed by atoms with E-state index in [4.69, 9.17) is 9.47 Å². The van der Waals surface area contributed by atoms with E-state index in [0.717, 1.165) is 35.4 Å². The second-order valence-corrected chi connectivity index (χ2v) is 8.53. The highest BCUT2D eigenvalue weighted by Gasteiger charge is 2.40. The van der Waals surface area contributed by atoms with Crippen molar-refractivity contribution in [1.82, 2.24) is 5.32 Å². The monoisotopic (exact) mass is 431 g/mol. The van der Waals surface area contributed by atoms with Gasteiger partial charge in [0.05, 0.1) is 17.6 Å². The van der Waals surface area contributed by atoms with Crippen LogP contribution in [0, 0.1) is 0 Å². The van der Waals surface area contributed by atoms with Gasteiger partial charge in [-0.3, -0.25) is 4.79 Å². The maximum absolute atomic E-state index is 13.2. The number of allylic oxidation sites excluding steroid dienone is 3. The van der Waals surface area contributed by atoms with E-state index in [2.05, 4.69) is 5.32 Å². The first kappa shape index (κ1) is 21.9. The van der Waals surface area contributed by atoms with Crippen molar-refractivity contribution in [3.63, 3.8) is 0 Å². The molecule has 0 radical (unpaired) electrons. The highest BCUT2D eigenvalue weighted by Crippen LogP contribution is 2.45. The van der Waals surface area contributed by atoms with Crippen LogP contribution in [0.5, 0.6) is 5.75 Å². The summed E-state index contributed by atoms with van der Waals surface area (Å²) < 4.78 is 11.8. The molecule has 4 rings (SSSR count). The van der Waals surface area contributed by atoms with Gasteiger partial charge in [-0.1, -0.05) is 48.5 Å². The first-order chi connectivity index (χ1) is 15.5. The zero-order valence-corrected chi connectivity index (χ0v) is 18.8. The lowest BCUT2D eigenvalue weighted by Crippen LogP contribution is -2.35. The molecular weight excluding hydrogens is 402 g/mol. The minimum Gasteiger partial charge on any atom is -0.489 e. The van der Waals surface area contributed by atoms with Gasteiger partial charge in [0.2, 0.25) is 0 Å². The quantitative estimate of drug-likeness (QED) is 0.638. The summed E-state index contributed by atoms with van der Waals surface area (Å²) in [5.41, 5.74) is 4.63. The van der Waals surface area contributed by atoms with E-state index in [1.807, 2.05) is 75.4 Å². The number of hydrogen-bond acceptors (Lipinski definition) is 5. The van der Waals surface area contributed by atoms with Crippen molar-refractivity contribution in [2.75, 3.05) is 0 Å². The fourth-order valence-corrected chi connectivity index (χ4v) is 4.43. The second kappa shape index (κ2) is 9.43. The predicted octanol–water partition coefficient (Wildman–Crippen LogP) is 5.19. The molecule has 0 amide bonds. The number of ketones is 1. The number of dihydropyridines is 1. The SMILES string of the molecule is CC1=C(C(=O)OC(C)C)[C@@H](c2ccccc2OCc2ccccc2)C2=C(CCCC2=O)N1. The number of carbonyl (C=O) groups excluding carboxylic acids is 2. The van der Waals surface area contributed by atoms with Gasteiger partial charge in [-0.2, -0.15) is 0 Å². The van der Waals surface area contributed by atoms with E-state index >= 15 is 0 Å². The van der Waals surface area contributed by atoms with E-state index in [-0.39, 0.29) is 11.9 Å². The molecule has 1 atom stereocenters. The number of ether oxygens (including phenoxy) is 2. The lowest BCUT2D eigenvalue weighted by atomic mass is 9.75. The van der Waals surface area contributed by atoms with Gasteiger partial charge in [0.1, 0.15) is 12.4 Å². The van der Waals surface area contributed by atoms with Crippen molar-refractivity contribution in [1.29, 1.82) is 0 Å². The Hall–Kier alpha value is -3.34. The first-order valence-corrected chi connectivity index (χ1v) is 11.2. The van der Waals surface area contributed by atoms with Crippen LogP contribution in [-0.4, -0.2) is 17.9 Å². The Labute approximate surface area is 189 Å². The van der Waals surface area contributed by atoms with Gasteiger partial charge < -0.3 is 14.8 Å². The topological polar surface area (TPSA) is 64.6 Å². The zero-order chi connectivity index (χ0) is 22.7. The third-order valence-corrected chi connectivity index (χ3v) is 5.81. The van der Waals surface area contributed by atoms with Crippen molar-refractivity contribution < 1.29 is 19.1 Å². The van der Waals surface area contributed by atoms with Crippen molar-refractivity contribution in [2.24, 2.45) is 0 Å². The summed E-state index contributed by atoms with van der Waals surface area (Å²) >= 11 is 0. The minimum atomic E-state index is -0.516. The van der Waals surface area contributed by atoms with Crippen LogP contribution in [0.1, 0.15) is 57.1 Å². The molecule has 2 aliphatic rings. The number of benzene rings is 2. The largest absolute Gasteiger partial charge is 0.489 e. The predicted molar refractivity (Wildman–Crippen MR) is 123 cm³/mol. The number of hydrogen-bond donors (Lipinski definition) is 1. The summed E-state index contributed by atoms with van der Waals surface area (Å²) in [5.74, 6) is -0.185. The van der Waals surface area contributed by atoms with Crippen molar-refractivity contribution in [3.05, 3.63) is 88.3 Å². The molecular formula is C27H29NO4. The van der Waals surface area contributed by atoms with Crippen LogP contribution in [-0.2, 0) is 20.9 Å². The van der Waals surface area contributed by atoms with E-state index in [9.17, 15) is 9.59 Å². The van der Waals surface area contributed by atoms with Crippen LogP contribution in [0.3, 0.4) is 0 Å². The molecule has 0 fully saturated rings. The molecule has 0 bridgehead atoms. The Morgan fingerprint density at radius 3 is 2.53 bits per heavy atom. The van der Waals surface area contributed by atoms with E-state index in [1.165, 1.54) is 0 Å². The second-order valence-electron chi connectivity index (χ2n) is 8.53. The van der Waals surface area contributed by atoms with Gasteiger partial charge in [-0.05, 0) is 45.2 Å². The van der Waals surface area contributed by atoms with Crippen molar-refractivity contribution >= 4 is 11.8 Å². The molecule has 1 aliphatic heterocycles. The third kappa shape index (κ3) is 4.47. The van der Waals surface area contributed by atoms with Crippen LogP contribution >= 0.6 is 0 Å². The Bertz CT molecular complexity index is 1080. The molecule has 166 valence electrons. The number of nitrogens with one attached hydrogen (secondary N) is 1. The number of para-hydroxylation sites is 1. The Morgan fingerprint density at radius 2 is 1.78 bits per heavy atom. The molecule has 2 aromatic carbocycles. The average molecular weight is 432 g/mol. The molecule has 1 N–H and O–H groups in total. The van der Waals surface area contributed by atoms with Crippen molar-refractivity contribution in [3.8, 4) is 5.75 Å². The normalized spacial score (nSPS) is 18.4. The molecule has 5 nitrogen and oxygen atoms in total. The number of carbonyl (C=O) groups is 2. The van der Waals surface area contributed by atoms with Crippen LogP contribution in [0.2, 0.25) is 0 Å². The van der Waals surface area contributed by atoms with E-state index < -0.39 is 11.9 Å². The standard InChI is InChI=1S/C27H29NO4/c1-17(2)32-27(30)24-18(3)28-21-13-9-14-22(29)26(21)25(24)20-12-7-8-15-23(20)31-16-19-10-5-4-6-11-19/h4-8,10-12,15,17,25,28H,9,13-14,16H2,1-3H3/t25-/m1/s1. The Balaban J connectivity index is 1.78. The maximum atomic E-state index is 13.2. The van der Waals surface area contributed by atoms with Crippen molar-refractivity contribution in [2.45, 2.75) is 58.7 Å². The van der Waals surface area contributed by atoms with Crippen LogP contribution in [0.4, 0.5) is 0 Å². The fourth-order valence-electron chi connectivity index (χ4n) is 4.43. The Morgan fingerprint density at radius 1 is 1.06 bits per heavy atom. The highest BCUT2D eigenvalue weighted by atomic mass is 16.5. The summed E-state index contributed by atoms with van der Waals surface area (Å²) in [6.45, 7) is 5.93. The lowest BCUT2D eigenvalue weighted by molar-refractivity contribution is -0.143. The highest BCUT2D eigenvalue weighted by molar-refractivity contribution is 6.04. The lowest BCUT2D eigenvalue weighted by Gasteiger charge is -2.35. The zero-order valence-electron chi connectivity index (χ0n) is 18.8. The molecule has 32 heavy (non-hydrogen) atoms. The van der Waals surface area contributed by atoms with Crippen LogP contribution < -0.4 is 10.1 Å². The van der Waals surface area contributed by atoms with Gasteiger partial charge in [-0.25, -0.2) is 4.79 Å². The summed E-state index contributed by atoms with van der Waals surface area (Å²) in [6, 6.07) is 17.6.